The summed E-state index contributed by atoms with van der Waals surface area (Å²) >= 11 is 0. The van der Waals surface area contributed by atoms with E-state index in [4.69, 9.17) is 9.57 Å². The summed E-state index contributed by atoms with van der Waals surface area (Å²) in [7, 11) is 1.59. The maximum absolute atomic E-state index is 11.6. The van der Waals surface area contributed by atoms with Gasteiger partial charge in [-0.3, -0.25) is 4.79 Å². The molecule has 0 aliphatic carbocycles. The molecule has 86 valence electrons. The van der Waals surface area contributed by atoms with Crippen molar-refractivity contribution in [2.75, 3.05) is 13.7 Å². The molecule has 0 aliphatic heterocycles. The summed E-state index contributed by atoms with van der Waals surface area (Å²) in [6, 6.07) is 6.98. The van der Waals surface area contributed by atoms with Crippen molar-refractivity contribution >= 4 is 12.0 Å². The van der Waals surface area contributed by atoms with Gasteiger partial charge in [0.15, 0.2) is 5.78 Å². The van der Waals surface area contributed by atoms with Crippen LogP contribution in [0.15, 0.2) is 29.4 Å². The summed E-state index contributed by atoms with van der Waals surface area (Å²) < 4.78 is 5.00. The zero-order valence-corrected chi connectivity index (χ0v) is 9.47. The SMILES string of the molecule is CCO/N=C/CC(=O)c1ccc(OC)cc1. The molecule has 16 heavy (non-hydrogen) atoms. The smallest absolute Gasteiger partial charge is 0.168 e. The molecule has 0 heterocycles. The number of Topliss-reactive ketones (excluding diaryl/α,β-unsaturated/α-hetero) is 1. The fourth-order valence-corrected chi connectivity index (χ4v) is 1.14. The van der Waals surface area contributed by atoms with Crippen LogP contribution in [0.2, 0.25) is 0 Å². The molecule has 0 spiro atoms. The summed E-state index contributed by atoms with van der Waals surface area (Å²) in [5, 5.41) is 3.62. The van der Waals surface area contributed by atoms with Crippen LogP contribution in [0, 0.1) is 0 Å². The third-order valence-electron chi connectivity index (χ3n) is 1.97. The Bertz CT molecular complexity index is 357. The average molecular weight is 221 g/mol. The number of methoxy groups -OCH3 is 1. The quantitative estimate of drug-likeness (QED) is 0.420. The Labute approximate surface area is 94.9 Å². The van der Waals surface area contributed by atoms with Crippen LogP contribution in [-0.4, -0.2) is 25.7 Å². The highest BCUT2D eigenvalue weighted by molar-refractivity contribution is 6.03. The van der Waals surface area contributed by atoms with Gasteiger partial charge in [-0.2, -0.15) is 0 Å². The Morgan fingerprint density at radius 3 is 2.62 bits per heavy atom. The van der Waals surface area contributed by atoms with Crippen LogP contribution in [0.4, 0.5) is 0 Å². The van der Waals surface area contributed by atoms with Gasteiger partial charge in [0, 0.05) is 12.0 Å². The third-order valence-corrected chi connectivity index (χ3v) is 1.97. The number of ketones is 1. The lowest BCUT2D eigenvalue weighted by molar-refractivity contribution is 0.0998. The molecule has 0 saturated heterocycles. The molecule has 0 N–H and O–H groups in total. The molecule has 0 aliphatic rings. The summed E-state index contributed by atoms with van der Waals surface area (Å²) in [5.41, 5.74) is 0.642. The first-order chi connectivity index (χ1) is 7.77. The van der Waals surface area contributed by atoms with Crippen molar-refractivity contribution in [3.8, 4) is 5.75 Å². The lowest BCUT2D eigenvalue weighted by Gasteiger charge is -2.00. The highest BCUT2D eigenvalue weighted by Gasteiger charge is 2.03. The minimum Gasteiger partial charge on any atom is -0.497 e. The number of benzene rings is 1. The fraction of sp³-hybridized carbons (Fsp3) is 0.333. The molecule has 0 aromatic heterocycles. The van der Waals surface area contributed by atoms with Crippen LogP contribution < -0.4 is 4.74 Å². The molecule has 0 amide bonds. The van der Waals surface area contributed by atoms with E-state index in [2.05, 4.69) is 5.16 Å². The monoisotopic (exact) mass is 221 g/mol. The molecule has 0 radical (unpaired) electrons. The molecule has 0 fully saturated rings. The number of carbonyl (C=O) groups is 1. The van der Waals surface area contributed by atoms with Crippen molar-refractivity contribution in [1.29, 1.82) is 0 Å². The first kappa shape index (κ1) is 12.2. The Kier molecular flexibility index (Phi) is 5.05. The van der Waals surface area contributed by atoms with Crippen LogP contribution in [-0.2, 0) is 4.84 Å². The summed E-state index contributed by atoms with van der Waals surface area (Å²) in [4.78, 5) is 16.4. The number of carbonyl (C=O) groups excluding carboxylic acids is 1. The van der Waals surface area contributed by atoms with Crippen LogP contribution in [0.25, 0.3) is 0 Å². The van der Waals surface area contributed by atoms with Gasteiger partial charge in [-0.05, 0) is 31.2 Å². The van der Waals surface area contributed by atoms with Crippen molar-refractivity contribution in [2.24, 2.45) is 5.16 Å². The van der Waals surface area contributed by atoms with E-state index in [-0.39, 0.29) is 12.2 Å². The van der Waals surface area contributed by atoms with Gasteiger partial charge in [-0.1, -0.05) is 5.16 Å². The molecule has 0 unspecified atom stereocenters. The van der Waals surface area contributed by atoms with Crippen molar-refractivity contribution in [3.05, 3.63) is 29.8 Å². The molecule has 4 nitrogen and oxygen atoms in total. The van der Waals surface area contributed by atoms with E-state index >= 15 is 0 Å². The van der Waals surface area contributed by atoms with Gasteiger partial charge in [0.2, 0.25) is 0 Å². The number of ether oxygens (including phenoxy) is 1. The van der Waals surface area contributed by atoms with Crippen LogP contribution in [0.5, 0.6) is 5.75 Å². The van der Waals surface area contributed by atoms with E-state index in [0.717, 1.165) is 5.75 Å². The lowest BCUT2D eigenvalue weighted by atomic mass is 10.1. The van der Waals surface area contributed by atoms with Gasteiger partial charge in [0.25, 0.3) is 0 Å². The van der Waals surface area contributed by atoms with Crippen LogP contribution in [0.1, 0.15) is 23.7 Å². The van der Waals surface area contributed by atoms with Gasteiger partial charge < -0.3 is 9.57 Å². The van der Waals surface area contributed by atoms with Gasteiger partial charge in [-0.15, -0.1) is 0 Å². The highest BCUT2D eigenvalue weighted by Crippen LogP contribution is 2.12. The number of hydrogen-bond acceptors (Lipinski definition) is 4. The standard InChI is InChI=1S/C12H15NO3/c1-3-16-13-9-8-12(14)10-4-6-11(15-2)7-5-10/h4-7,9H,3,8H2,1-2H3/b13-9+. The van der Waals surface area contributed by atoms with E-state index in [1.165, 1.54) is 6.21 Å². The van der Waals surface area contributed by atoms with E-state index in [1.54, 1.807) is 31.4 Å². The second-order valence-corrected chi connectivity index (χ2v) is 3.06. The fourth-order valence-electron chi connectivity index (χ4n) is 1.14. The van der Waals surface area contributed by atoms with Gasteiger partial charge in [-0.25, -0.2) is 0 Å². The van der Waals surface area contributed by atoms with Crippen LogP contribution >= 0.6 is 0 Å². The van der Waals surface area contributed by atoms with Crippen LogP contribution in [0.3, 0.4) is 0 Å². The molecular weight excluding hydrogens is 206 g/mol. The van der Waals surface area contributed by atoms with Crippen molar-refractivity contribution in [2.45, 2.75) is 13.3 Å². The Morgan fingerprint density at radius 2 is 2.06 bits per heavy atom. The minimum atomic E-state index is 0.00565. The molecule has 1 aromatic rings. The first-order valence-corrected chi connectivity index (χ1v) is 5.09. The number of hydrogen-bond donors (Lipinski definition) is 0. The van der Waals surface area contributed by atoms with E-state index in [1.807, 2.05) is 6.92 Å². The normalized spacial score (nSPS) is 10.4. The Hall–Kier alpha value is -1.84. The van der Waals surface area contributed by atoms with Gasteiger partial charge >= 0.3 is 0 Å². The molecular formula is C12H15NO3. The summed E-state index contributed by atoms with van der Waals surface area (Å²) in [5.74, 6) is 0.741. The predicted molar refractivity (Wildman–Crippen MR) is 62.1 cm³/mol. The lowest BCUT2D eigenvalue weighted by Crippen LogP contribution is -1.99. The zero-order valence-electron chi connectivity index (χ0n) is 9.47. The molecule has 1 aromatic carbocycles. The topological polar surface area (TPSA) is 47.9 Å². The molecule has 0 bridgehead atoms. The number of rotatable bonds is 6. The summed E-state index contributed by atoms with van der Waals surface area (Å²) in [6.07, 6.45) is 1.71. The number of oxime groups is 1. The Balaban J connectivity index is 2.52. The van der Waals surface area contributed by atoms with Crippen molar-refractivity contribution in [3.63, 3.8) is 0 Å². The molecule has 0 atom stereocenters. The zero-order chi connectivity index (χ0) is 11.8. The molecule has 0 saturated carbocycles. The second kappa shape index (κ2) is 6.61. The Morgan fingerprint density at radius 1 is 1.38 bits per heavy atom. The van der Waals surface area contributed by atoms with Crippen molar-refractivity contribution < 1.29 is 14.4 Å². The minimum absolute atomic E-state index is 0.00565. The largest absolute Gasteiger partial charge is 0.497 e. The maximum atomic E-state index is 11.6. The van der Waals surface area contributed by atoms with E-state index in [0.29, 0.717) is 12.2 Å². The molecule has 1 rings (SSSR count). The first-order valence-electron chi connectivity index (χ1n) is 5.09. The van der Waals surface area contributed by atoms with Crippen molar-refractivity contribution in [1.82, 2.24) is 0 Å². The number of nitrogens with zero attached hydrogens (tertiary/aromatic N) is 1. The third kappa shape index (κ3) is 3.73. The summed E-state index contributed by atoms with van der Waals surface area (Å²) in [6.45, 7) is 2.34. The van der Waals surface area contributed by atoms with Gasteiger partial charge in [0.05, 0.1) is 13.3 Å². The van der Waals surface area contributed by atoms with Gasteiger partial charge in [0.1, 0.15) is 12.4 Å². The highest BCUT2D eigenvalue weighted by atomic mass is 16.6. The van der Waals surface area contributed by atoms with E-state index in [9.17, 15) is 4.79 Å². The maximum Gasteiger partial charge on any atom is 0.168 e. The average Bonchev–Trinajstić information content (AvgIpc) is 2.34. The predicted octanol–water partition coefficient (Wildman–Crippen LogP) is 2.29. The van der Waals surface area contributed by atoms with E-state index < -0.39 is 0 Å². The molecule has 4 heteroatoms. The second-order valence-electron chi connectivity index (χ2n) is 3.06.